The Labute approximate surface area is 165 Å². The average Bonchev–Trinajstić information content (AvgIpc) is 2.64. The normalized spacial score (nSPS) is 14.9. The zero-order valence-electron chi connectivity index (χ0n) is 16.5. The third-order valence-corrected chi connectivity index (χ3v) is 4.51. The lowest BCUT2D eigenvalue weighted by molar-refractivity contribution is 0.0919. The van der Waals surface area contributed by atoms with Crippen LogP contribution >= 0.6 is 0 Å². The standard InChI is InChI=1S/C22H26FN3O2/c1-22(2,3)24-20(27)17-6-4-7-19(14-17)26-13-5-12-25(21(26)28)15-16-8-10-18(23)11-9-16/h4,6-11,14H,5,12-13,15H2,1-3H3,(H,24,27). The van der Waals surface area contributed by atoms with Gasteiger partial charge in [0.2, 0.25) is 0 Å². The number of urea groups is 1. The van der Waals surface area contributed by atoms with Gasteiger partial charge in [-0.3, -0.25) is 9.69 Å². The first-order valence-corrected chi connectivity index (χ1v) is 9.46. The van der Waals surface area contributed by atoms with Gasteiger partial charge >= 0.3 is 6.03 Å². The number of halogens is 1. The fourth-order valence-corrected chi connectivity index (χ4v) is 3.21. The fourth-order valence-electron chi connectivity index (χ4n) is 3.21. The lowest BCUT2D eigenvalue weighted by Crippen LogP contribution is -2.49. The van der Waals surface area contributed by atoms with Crippen LogP contribution in [0, 0.1) is 5.82 Å². The molecule has 5 nitrogen and oxygen atoms in total. The Hall–Kier alpha value is -2.89. The predicted molar refractivity (Wildman–Crippen MR) is 108 cm³/mol. The molecule has 0 aromatic heterocycles. The van der Waals surface area contributed by atoms with Gasteiger partial charge in [0, 0.05) is 36.4 Å². The number of anilines is 1. The van der Waals surface area contributed by atoms with Crippen molar-refractivity contribution in [2.45, 2.75) is 39.3 Å². The van der Waals surface area contributed by atoms with E-state index in [0.717, 1.165) is 12.0 Å². The van der Waals surface area contributed by atoms with Gasteiger partial charge in [-0.2, -0.15) is 0 Å². The summed E-state index contributed by atoms with van der Waals surface area (Å²) in [5.74, 6) is -0.456. The van der Waals surface area contributed by atoms with Crippen LogP contribution in [-0.4, -0.2) is 35.5 Å². The first-order chi connectivity index (χ1) is 13.2. The Balaban J connectivity index is 1.75. The van der Waals surface area contributed by atoms with Crippen molar-refractivity contribution in [3.8, 4) is 0 Å². The monoisotopic (exact) mass is 383 g/mol. The third-order valence-electron chi connectivity index (χ3n) is 4.51. The summed E-state index contributed by atoms with van der Waals surface area (Å²) in [4.78, 5) is 28.9. The van der Waals surface area contributed by atoms with Crippen LogP contribution < -0.4 is 10.2 Å². The Morgan fingerprint density at radius 3 is 2.50 bits per heavy atom. The molecule has 0 unspecified atom stereocenters. The van der Waals surface area contributed by atoms with Crippen LogP contribution in [0.2, 0.25) is 0 Å². The summed E-state index contributed by atoms with van der Waals surface area (Å²) in [7, 11) is 0. The molecule has 1 saturated heterocycles. The van der Waals surface area contributed by atoms with Gasteiger partial charge in [0.05, 0.1) is 0 Å². The number of carbonyl (C=O) groups is 2. The number of carbonyl (C=O) groups excluding carboxylic acids is 2. The molecule has 2 aromatic carbocycles. The predicted octanol–water partition coefficient (Wildman–Crippen LogP) is 4.19. The number of hydrogen-bond donors (Lipinski definition) is 1. The van der Waals surface area contributed by atoms with E-state index in [-0.39, 0.29) is 23.3 Å². The lowest BCUT2D eigenvalue weighted by Gasteiger charge is -2.36. The molecule has 0 saturated carbocycles. The second-order valence-corrected chi connectivity index (χ2v) is 8.09. The Bertz CT molecular complexity index is 859. The van der Waals surface area contributed by atoms with E-state index in [1.807, 2.05) is 26.8 Å². The summed E-state index contributed by atoms with van der Waals surface area (Å²) in [6.07, 6.45) is 0.825. The Morgan fingerprint density at radius 2 is 1.82 bits per heavy atom. The maximum absolute atomic E-state index is 13.1. The summed E-state index contributed by atoms with van der Waals surface area (Å²) in [6, 6.07) is 13.2. The van der Waals surface area contributed by atoms with Gasteiger partial charge in [0.15, 0.2) is 0 Å². The second kappa shape index (κ2) is 8.00. The number of nitrogens with zero attached hydrogens (tertiary/aromatic N) is 2. The number of rotatable bonds is 4. The van der Waals surface area contributed by atoms with Crippen molar-refractivity contribution in [3.05, 3.63) is 65.5 Å². The molecule has 0 atom stereocenters. The van der Waals surface area contributed by atoms with Gasteiger partial charge in [-0.15, -0.1) is 0 Å². The zero-order valence-corrected chi connectivity index (χ0v) is 16.5. The minimum atomic E-state index is -0.333. The van der Waals surface area contributed by atoms with Crippen molar-refractivity contribution in [2.75, 3.05) is 18.0 Å². The molecule has 1 fully saturated rings. The SMILES string of the molecule is CC(C)(C)NC(=O)c1cccc(N2CCCN(Cc3ccc(F)cc3)C2=O)c1. The molecular formula is C22H26FN3O2. The van der Waals surface area contributed by atoms with Gasteiger partial charge < -0.3 is 10.2 Å². The second-order valence-electron chi connectivity index (χ2n) is 8.09. The number of amides is 3. The molecule has 6 heteroatoms. The topological polar surface area (TPSA) is 52.7 Å². The highest BCUT2D eigenvalue weighted by atomic mass is 19.1. The van der Waals surface area contributed by atoms with Gasteiger partial charge in [-0.25, -0.2) is 9.18 Å². The molecule has 148 valence electrons. The van der Waals surface area contributed by atoms with Crippen LogP contribution in [0.5, 0.6) is 0 Å². The number of benzene rings is 2. The highest BCUT2D eigenvalue weighted by Gasteiger charge is 2.27. The number of nitrogens with one attached hydrogen (secondary N) is 1. The van der Waals surface area contributed by atoms with Gasteiger partial charge in [-0.1, -0.05) is 18.2 Å². The first kappa shape index (κ1) is 19.9. The molecule has 1 heterocycles. The van der Waals surface area contributed by atoms with Gasteiger partial charge in [0.1, 0.15) is 5.82 Å². The molecule has 0 aliphatic carbocycles. The highest BCUT2D eigenvalue weighted by molar-refractivity contribution is 5.98. The lowest BCUT2D eigenvalue weighted by atomic mass is 10.1. The van der Waals surface area contributed by atoms with E-state index >= 15 is 0 Å². The van der Waals surface area contributed by atoms with Gasteiger partial charge in [0.25, 0.3) is 5.91 Å². The molecule has 0 radical (unpaired) electrons. The third kappa shape index (κ3) is 4.88. The summed E-state index contributed by atoms with van der Waals surface area (Å²) < 4.78 is 13.1. The highest BCUT2D eigenvalue weighted by Crippen LogP contribution is 2.23. The summed E-state index contributed by atoms with van der Waals surface area (Å²) in [5, 5.41) is 2.94. The maximum atomic E-state index is 13.1. The minimum Gasteiger partial charge on any atom is -0.347 e. The molecule has 1 N–H and O–H groups in total. The molecule has 3 amide bonds. The summed E-state index contributed by atoms with van der Waals surface area (Å²) in [5.41, 5.74) is 1.78. The van der Waals surface area contributed by atoms with Crippen LogP contribution in [0.3, 0.4) is 0 Å². The largest absolute Gasteiger partial charge is 0.347 e. The fraction of sp³-hybridized carbons (Fsp3) is 0.364. The molecule has 28 heavy (non-hydrogen) atoms. The van der Waals surface area contributed by atoms with E-state index in [2.05, 4.69) is 5.32 Å². The average molecular weight is 383 g/mol. The molecule has 0 spiro atoms. The summed E-state index contributed by atoms with van der Waals surface area (Å²) in [6.45, 7) is 7.46. The van der Waals surface area contributed by atoms with E-state index in [1.54, 1.807) is 40.1 Å². The van der Waals surface area contributed by atoms with E-state index < -0.39 is 0 Å². The molecule has 1 aliphatic rings. The number of hydrogen-bond acceptors (Lipinski definition) is 2. The van der Waals surface area contributed by atoms with E-state index in [4.69, 9.17) is 0 Å². The van der Waals surface area contributed by atoms with Crippen LogP contribution in [-0.2, 0) is 6.54 Å². The van der Waals surface area contributed by atoms with Crippen molar-refractivity contribution in [2.24, 2.45) is 0 Å². The van der Waals surface area contributed by atoms with Crippen molar-refractivity contribution in [3.63, 3.8) is 0 Å². The smallest absolute Gasteiger partial charge is 0.324 e. The van der Waals surface area contributed by atoms with Crippen LogP contribution in [0.4, 0.5) is 14.9 Å². The van der Waals surface area contributed by atoms with E-state index in [9.17, 15) is 14.0 Å². The van der Waals surface area contributed by atoms with E-state index in [1.165, 1.54) is 12.1 Å². The van der Waals surface area contributed by atoms with Crippen LogP contribution in [0.15, 0.2) is 48.5 Å². The molecular weight excluding hydrogens is 357 g/mol. The van der Waals surface area contributed by atoms with Crippen molar-refractivity contribution in [1.82, 2.24) is 10.2 Å². The van der Waals surface area contributed by atoms with Crippen molar-refractivity contribution < 1.29 is 14.0 Å². The van der Waals surface area contributed by atoms with Crippen LogP contribution in [0.25, 0.3) is 0 Å². The quantitative estimate of drug-likeness (QED) is 0.861. The molecule has 1 aliphatic heterocycles. The Morgan fingerprint density at radius 1 is 1.11 bits per heavy atom. The first-order valence-electron chi connectivity index (χ1n) is 9.46. The molecule has 0 bridgehead atoms. The molecule has 2 aromatic rings. The summed E-state index contributed by atoms with van der Waals surface area (Å²) >= 11 is 0. The van der Waals surface area contributed by atoms with Gasteiger partial charge in [-0.05, 0) is 63.1 Å². The van der Waals surface area contributed by atoms with Crippen molar-refractivity contribution >= 4 is 17.6 Å². The maximum Gasteiger partial charge on any atom is 0.324 e. The Kier molecular flexibility index (Phi) is 5.68. The van der Waals surface area contributed by atoms with E-state index in [0.29, 0.717) is 30.9 Å². The minimum absolute atomic E-state index is 0.107. The van der Waals surface area contributed by atoms with Crippen LogP contribution in [0.1, 0.15) is 43.1 Å². The zero-order chi connectivity index (χ0) is 20.3. The van der Waals surface area contributed by atoms with Crippen molar-refractivity contribution in [1.29, 1.82) is 0 Å². The molecule has 3 rings (SSSR count).